The molecule has 2 aromatic rings. The van der Waals surface area contributed by atoms with Crippen molar-refractivity contribution in [2.45, 2.75) is 24.3 Å². The second-order valence-corrected chi connectivity index (χ2v) is 10.2. The van der Waals surface area contributed by atoms with E-state index in [9.17, 15) is 13.2 Å². The average molecular weight is 506 g/mol. The summed E-state index contributed by atoms with van der Waals surface area (Å²) in [5.74, 6) is -0.196. The maximum atomic E-state index is 13.2. The molecule has 1 aliphatic heterocycles. The van der Waals surface area contributed by atoms with Crippen molar-refractivity contribution in [3.63, 3.8) is 0 Å². The van der Waals surface area contributed by atoms with Crippen LogP contribution in [0.5, 0.6) is 0 Å². The lowest BCUT2D eigenvalue weighted by atomic mass is 10.2. The van der Waals surface area contributed by atoms with Gasteiger partial charge in [-0.15, -0.1) is 0 Å². The minimum Gasteiger partial charge on any atom is -0.342 e. The second-order valence-electron chi connectivity index (χ2n) is 6.56. The number of sulfonamides is 1. The molecule has 0 N–H and O–H groups in total. The van der Waals surface area contributed by atoms with Crippen molar-refractivity contribution in [1.82, 2.24) is 9.21 Å². The summed E-state index contributed by atoms with van der Waals surface area (Å²) in [6.45, 7) is 1.13. The fourth-order valence-corrected chi connectivity index (χ4v) is 5.00. The highest BCUT2D eigenvalue weighted by Crippen LogP contribution is 2.26. The molecule has 0 spiro atoms. The van der Waals surface area contributed by atoms with Gasteiger partial charge in [-0.25, -0.2) is 8.42 Å². The van der Waals surface area contributed by atoms with Crippen LogP contribution in [0.25, 0.3) is 0 Å². The first-order chi connectivity index (χ1) is 13.3. The van der Waals surface area contributed by atoms with Crippen LogP contribution < -0.4 is 0 Å². The SMILES string of the molecule is O=C(CN(Cc1ccc(Cl)c(Cl)c1)S(=O)(=O)c1ccc(Br)cc1)N1CCCC1. The largest absolute Gasteiger partial charge is 0.342 e. The van der Waals surface area contributed by atoms with E-state index in [1.807, 2.05) is 0 Å². The molecule has 0 aliphatic carbocycles. The van der Waals surface area contributed by atoms with Crippen LogP contribution >= 0.6 is 39.1 Å². The Labute approximate surface area is 183 Å². The fourth-order valence-electron chi connectivity index (χ4n) is 3.04. The molecule has 0 saturated carbocycles. The van der Waals surface area contributed by atoms with E-state index in [2.05, 4.69) is 15.9 Å². The van der Waals surface area contributed by atoms with Gasteiger partial charge >= 0.3 is 0 Å². The number of nitrogens with zero attached hydrogens (tertiary/aromatic N) is 2. The number of hydrogen-bond acceptors (Lipinski definition) is 3. The summed E-state index contributed by atoms with van der Waals surface area (Å²) in [4.78, 5) is 14.5. The number of rotatable bonds is 6. The molecule has 5 nitrogen and oxygen atoms in total. The Balaban J connectivity index is 1.91. The molecule has 3 rings (SSSR count). The highest BCUT2D eigenvalue weighted by atomic mass is 79.9. The Morgan fingerprint density at radius 3 is 2.29 bits per heavy atom. The molecule has 1 saturated heterocycles. The Bertz CT molecular complexity index is 962. The van der Waals surface area contributed by atoms with Crippen molar-refractivity contribution >= 4 is 55.1 Å². The van der Waals surface area contributed by atoms with Crippen LogP contribution in [0.4, 0.5) is 0 Å². The van der Waals surface area contributed by atoms with E-state index in [0.717, 1.165) is 17.3 Å². The molecule has 0 unspecified atom stereocenters. The Morgan fingerprint density at radius 1 is 1.04 bits per heavy atom. The summed E-state index contributed by atoms with van der Waals surface area (Å²) in [5, 5.41) is 0.729. The standard InChI is InChI=1S/C19H19BrCl2N2O3S/c20-15-4-6-16(7-5-15)28(26,27)24(13-19(25)23-9-1-2-10-23)12-14-3-8-17(21)18(22)11-14/h3-8,11H,1-2,9-10,12-13H2. The van der Waals surface area contributed by atoms with Gasteiger partial charge in [0.2, 0.25) is 15.9 Å². The van der Waals surface area contributed by atoms with Gasteiger partial charge in [0, 0.05) is 24.1 Å². The normalized spacial score (nSPS) is 14.6. The van der Waals surface area contributed by atoms with E-state index in [-0.39, 0.29) is 23.9 Å². The van der Waals surface area contributed by atoms with Gasteiger partial charge in [-0.05, 0) is 54.8 Å². The van der Waals surface area contributed by atoms with Crippen molar-refractivity contribution in [2.75, 3.05) is 19.6 Å². The third-order valence-corrected chi connectivity index (χ3v) is 7.64. The predicted molar refractivity (Wildman–Crippen MR) is 114 cm³/mol. The van der Waals surface area contributed by atoms with Gasteiger partial charge in [0.15, 0.2) is 0 Å². The molecule has 2 aromatic carbocycles. The monoisotopic (exact) mass is 504 g/mol. The quantitative estimate of drug-likeness (QED) is 0.577. The lowest BCUT2D eigenvalue weighted by molar-refractivity contribution is -0.130. The van der Waals surface area contributed by atoms with Crippen LogP contribution in [0, 0.1) is 0 Å². The second kappa shape index (κ2) is 9.13. The highest BCUT2D eigenvalue weighted by molar-refractivity contribution is 9.10. The van der Waals surface area contributed by atoms with Crippen LogP contribution in [-0.2, 0) is 21.4 Å². The molecular formula is C19H19BrCl2N2O3S. The zero-order chi connectivity index (χ0) is 20.3. The average Bonchev–Trinajstić information content (AvgIpc) is 3.19. The molecule has 0 aromatic heterocycles. The van der Waals surface area contributed by atoms with Crippen LogP contribution in [0.3, 0.4) is 0 Å². The third-order valence-electron chi connectivity index (χ3n) is 4.56. The first-order valence-electron chi connectivity index (χ1n) is 8.75. The molecule has 28 heavy (non-hydrogen) atoms. The van der Waals surface area contributed by atoms with Crippen molar-refractivity contribution in [3.8, 4) is 0 Å². The lowest BCUT2D eigenvalue weighted by Crippen LogP contribution is -2.41. The molecule has 0 radical (unpaired) electrons. The van der Waals surface area contributed by atoms with Gasteiger partial charge in [-0.1, -0.05) is 45.2 Å². The van der Waals surface area contributed by atoms with Gasteiger partial charge in [0.05, 0.1) is 21.5 Å². The van der Waals surface area contributed by atoms with E-state index in [4.69, 9.17) is 23.2 Å². The lowest BCUT2D eigenvalue weighted by Gasteiger charge is -2.25. The summed E-state index contributed by atoms with van der Waals surface area (Å²) < 4.78 is 28.4. The summed E-state index contributed by atoms with van der Waals surface area (Å²) in [6, 6.07) is 11.3. The minimum atomic E-state index is -3.87. The molecule has 9 heteroatoms. The zero-order valence-corrected chi connectivity index (χ0v) is 18.9. The summed E-state index contributed by atoms with van der Waals surface area (Å²) in [7, 11) is -3.87. The van der Waals surface area contributed by atoms with Crippen molar-refractivity contribution in [3.05, 3.63) is 62.5 Å². The van der Waals surface area contributed by atoms with Gasteiger partial charge in [0.25, 0.3) is 0 Å². The van der Waals surface area contributed by atoms with E-state index < -0.39 is 10.0 Å². The fraction of sp³-hybridized carbons (Fsp3) is 0.316. The molecular weight excluding hydrogens is 487 g/mol. The minimum absolute atomic E-state index is 0.0227. The number of hydrogen-bond donors (Lipinski definition) is 0. The maximum Gasteiger partial charge on any atom is 0.243 e. The zero-order valence-electron chi connectivity index (χ0n) is 14.9. The Kier molecular flexibility index (Phi) is 7.04. The summed E-state index contributed by atoms with van der Waals surface area (Å²) >= 11 is 15.3. The highest BCUT2D eigenvalue weighted by Gasteiger charge is 2.29. The molecule has 150 valence electrons. The first-order valence-corrected chi connectivity index (χ1v) is 11.7. The predicted octanol–water partition coefficient (Wildman–Crippen LogP) is 4.57. The van der Waals surface area contributed by atoms with Crippen LogP contribution in [0.15, 0.2) is 51.8 Å². The number of carbonyl (C=O) groups is 1. The molecule has 1 aliphatic rings. The summed E-state index contributed by atoms with van der Waals surface area (Å²) in [6.07, 6.45) is 1.88. The number of amides is 1. The van der Waals surface area contributed by atoms with Gasteiger partial charge in [-0.2, -0.15) is 4.31 Å². The molecule has 1 fully saturated rings. The van der Waals surface area contributed by atoms with Gasteiger partial charge in [0.1, 0.15) is 0 Å². The van der Waals surface area contributed by atoms with Crippen LogP contribution in [-0.4, -0.2) is 43.2 Å². The van der Waals surface area contributed by atoms with E-state index in [0.29, 0.717) is 28.7 Å². The van der Waals surface area contributed by atoms with Gasteiger partial charge in [-0.3, -0.25) is 4.79 Å². The third kappa shape index (κ3) is 5.07. The van der Waals surface area contributed by atoms with Gasteiger partial charge < -0.3 is 4.90 Å². The molecule has 0 bridgehead atoms. The van der Waals surface area contributed by atoms with Crippen LogP contribution in [0.1, 0.15) is 18.4 Å². The van der Waals surface area contributed by atoms with E-state index in [1.165, 1.54) is 16.4 Å². The number of carbonyl (C=O) groups excluding carboxylic acids is 1. The number of halogens is 3. The van der Waals surface area contributed by atoms with Crippen molar-refractivity contribution in [1.29, 1.82) is 0 Å². The Hall–Kier alpha value is -1.12. The molecule has 0 atom stereocenters. The van der Waals surface area contributed by atoms with Crippen molar-refractivity contribution in [2.24, 2.45) is 0 Å². The topological polar surface area (TPSA) is 57.7 Å². The first kappa shape index (κ1) is 21.6. The summed E-state index contributed by atoms with van der Waals surface area (Å²) in [5.41, 5.74) is 0.657. The van der Waals surface area contributed by atoms with E-state index >= 15 is 0 Å². The van der Waals surface area contributed by atoms with Crippen LogP contribution in [0.2, 0.25) is 10.0 Å². The molecule has 1 amide bonds. The smallest absolute Gasteiger partial charge is 0.243 e. The van der Waals surface area contributed by atoms with Crippen molar-refractivity contribution < 1.29 is 13.2 Å². The number of likely N-dealkylation sites (tertiary alicyclic amines) is 1. The van der Waals surface area contributed by atoms with E-state index in [1.54, 1.807) is 35.2 Å². The number of benzene rings is 2. The Morgan fingerprint density at radius 2 is 1.68 bits per heavy atom. The maximum absolute atomic E-state index is 13.2. The molecule has 1 heterocycles.